The van der Waals surface area contributed by atoms with Gasteiger partial charge in [-0.3, -0.25) is 19.3 Å². The van der Waals surface area contributed by atoms with E-state index in [0.717, 1.165) is 38.9 Å². The molecule has 1 N–H and O–H groups in total. The van der Waals surface area contributed by atoms with Crippen LogP contribution in [0, 0.1) is 6.92 Å². The largest absolute Gasteiger partial charge is 0.309 e. The Hall–Kier alpha value is -2.61. The van der Waals surface area contributed by atoms with Gasteiger partial charge in [0.25, 0.3) is 0 Å². The van der Waals surface area contributed by atoms with Gasteiger partial charge in [-0.05, 0) is 24.6 Å². The number of benzene rings is 1. The minimum atomic E-state index is -0.387. The summed E-state index contributed by atoms with van der Waals surface area (Å²) in [6.45, 7) is 1.75. The third-order valence-electron chi connectivity index (χ3n) is 4.51. The molecule has 2 aromatic rings. The molecular weight excluding hydrogens is 352 g/mol. The number of fused-ring (bicyclic) bond motifs is 1. The van der Waals surface area contributed by atoms with Crippen LogP contribution in [-0.4, -0.2) is 38.9 Å². The van der Waals surface area contributed by atoms with E-state index in [4.69, 9.17) is 0 Å². The second-order valence-electron chi connectivity index (χ2n) is 6.44. The molecule has 0 spiro atoms. The Morgan fingerprint density at radius 1 is 1.23 bits per heavy atom. The average molecular weight is 370 g/mol. The molecule has 0 radical (unpaired) electrons. The molecular formula is C18H18N4O3S. The number of aromatic nitrogens is 2. The molecule has 3 heterocycles. The first-order valence-corrected chi connectivity index (χ1v) is 9.57. The average Bonchev–Trinajstić information content (AvgIpc) is 3.27. The highest BCUT2D eigenvalue weighted by Gasteiger charge is 2.31. The smallest absolute Gasteiger partial charge is 0.245 e. The van der Waals surface area contributed by atoms with E-state index in [1.807, 2.05) is 31.2 Å². The predicted octanol–water partition coefficient (Wildman–Crippen LogP) is 2.02. The quantitative estimate of drug-likeness (QED) is 0.833. The zero-order chi connectivity index (χ0) is 18.3. The van der Waals surface area contributed by atoms with Crippen molar-refractivity contribution in [2.45, 2.75) is 31.3 Å². The second-order valence-corrected chi connectivity index (χ2v) is 7.42. The zero-order valence-corrected chi connectivity index (χ0v) is 15.1. The number of nitrogens with one attached hydrogen (secondary N) is 1. The fraction of sp³-hybridized carbons (Fsp3) is 0.333. The van der Waals surface area contributed by atoms with E-state index >= 15 is 0 Å². The fourth-order valence-electron chi connectivity index (χ4n) is 3.20. The Kier molecular flexibility index (Phi) is 4.28. The first-order chi connectivity index (χ1) is 12.5. The van der Waals surface area contributed by atoms with Gasteiger partial charge < -0.3 is 5.32 Å². The van der Waals surface area contributed by atoms with Crippen molar-refractivity contribution in [1.82, 2.24) is 14.7 Å². The summed E-state index contributed by atoms with van der Waals surface area (Å²) in [5.74, 6) is 1.23. The lowest BCUT2D eigenvalue weighted by Crippen LogP contribution is -2.37. The van der Waals surface area contributed by atoms with E-state index in [2.05, 4.69) is 10.4 Å². The fourth-order valence-corrected chi connectivity index (χ4v) is 4.24. The molecule has 0 atom stereocenters. The zero-order valence-electron chi connectivity index (χ0n) is 14.3. The third-order valence-corrected chi connectivity index (χ3v) is 5.48. The van der Waals surface area contributed by atoms with Gasteiger partial charge in [-0.15, -0.1) is 0 Å². The Labute approximate surface area is 154 Å². The van der Waals surface area contributed by atoms with Crippen LogP contribution >= 0.6 is 11.8 Å². The van der Waals surface area contributed by atoms with Gasteiger partial charge in [0.05, 0.1) is 11.4 Å². The summed E-state index contributed by atoms with van der Waals surface area (Å²) >= 11 is 1.75. The van der Waals surface area contributed by atoms with Crippen LogP contribution in [-0.2, 0) is 25.9 Å². The van der Waals surface area contributed by atoms with Crippen LogP contribution in [0.25, 0.3) is 5.69 Å². The van der Waals surface area contributed by atoms with Gasteiger partial charge in [-0.25, -0.2) is 4.68 Å². The molecule has 0 aliphatic carbocycles. The van der Waals surface area contributed by atoms with E-state index < -0.39 is 0 Å². The highest BCUT2D eigenvalue weighted by Crippen LogP contribution is 2.36. The van der Waals surface area contributed by atoms with E-state index in [-0.39, 0.29) is 37.1 Å². The van der Waals surface area contributed by atoms with Crippen LogP contribution < -0.4 is 5.32 Å². The lowest BCUT2D eigenvalue weighted by atomic mass is 10.2. The van der Waals surface area contributed by atoms with Gasteiger partial charge in [0.1, 0.15) is 12.4 Å². The Morgan fingerprint density at radius 2 is 2.00 bits per heavy atom. The minimum absolute atomic E-state index is 0.180. The van der Waals surface area contributed by atoms with E-state index in [0.29, 0.717) is 5.82 Å². The molecule has 1 aromatic carbocycles. The van der Waals surface area contributed by atoms with Gasteiger partial charge in [0, 0.05) is 29.9 Å². The number of carbonyl (C=O) groups excluding carboxylic acids is 3. The Bertz CT molecular complexity index is 905. The second kappa shape index (κ2) is 6.60. The van der Waals surface area contributed by atoms with Crippen molar-refractivity contribution in [2.24, 2.45) is 0 Å². The molecule has 0 saturated carbocycles. The molecule has 0 unspecified atom stereocenters. The topological polar surface area (TPSA) is 84.3 Å². The van der Waals surface area contributed by atoms with Gasteiger partial charge in [-0.1, -0.05) is 12.1 Å². The van der Waals surface area contributed by atoms with Gasteiger partial charge in [-0.2, -0.15) is 16.9 Å². The normalized spacial score (nSPS) is 16.3. The number of aryl methyl sites for hydroxylation is 1. The lowest BCUT2D eigenvalue weighted by Gasteiger charge is -2.15. The summed E-state index contributed by atoms with van der Waals surface area (Å²) in [5, 5.41) is 7.53. The SMILES string of the molecule is Cc1cccc(-n2nc3c(c2NC(=O)CN2C(=O)CCC2=O)CSC3)c1. The first-order valence-electron chi connectivity index (χ1n) is 8.41. The summed E-state index contributed by atoms with van der Waals surface area (Å²) in [5.41, 5.74) is 3.93. The number of nitrogens with zero attached hydrogens (tertiary/aromatic N) is 3. The predicted molar refractivity (Wildman–Crippen MR) is 97.9 cm³/mol. The number of carbonyl (C=O) groups is 3. The molecule has 2 aliphatic heterocycles. The number of thioether (sulfide) groups is 1. The van der Waals surface area contributed by atoms with Crippen LogP contribution in [0.2, 0.25) is 0 Å². The molecule has 1 saturated heterocycles. The third kappa shape index (κ3) is 3.01. The van der Waals surface area contributed by atoms with Gasteiger partial charge in [0.2, 0.25) is 17.7 Å². The van der Waals surface area contributed by atoms with Gasteiger partial charge in [0.15, 0.2) is 0 Å². The van der Waals surface area contributed by atoms with E-state index in [1.165, 1.54) is 0 Å². The summed E-state index contributed by atoms with van der Waals surface area (Å²) in [6.07, 6.45) is 0.360. The number of amides is 3. The molecule has 8 heteroatoms. The maximum Gasteiger partial charge on any atom is 0.245 e. The number of likely N-dealkylation sites (tertiary alicyclic amines) is 1. The van der Waals surface area contributed by atoms with Crippen molar-refractivity contribution in [3.63, 3.8) is 0 Å². The monoisotopic (exact) mass is 370 g/mol. The number of rotatable bonds is 4. The summed E-state index contributed by atoms with van der Waals surface area (Å²) < 4.78 is 1.74. The van der Waals surface area contributed by atoms with Crippen molar-refractivity contribution in [2.75, 3.05) is 11.9 Å². The highest BCUT2D eigenvalue weighted by molar-refractivity contribution is 7.98. The Balaban J connectivity index is 1.62. The number of hydrogen-bond donors (Lipinski definition) is 1. The lowest BCUT2D eigenvalue weighted by molar-refractivity contribution is -0.141. The summed E-state index contributed by atoms with van der Waals surface area (Å²) in [4.78, 5) is 37.0. The molecule has 134 valence electrons. The van der Waals surface area contributed by atoms with Crippen molar-refractivity contribution in [3.8, 4) is 5.69 Å². The molecule has 3 amide bonds. The maximum absolute atomic E-state index is 12.5. The van der Waals surface area contributed by atoms with Crippen molar-refractivity contribution >= 4 is 35.3 Å². The molecule has 2 aliphatic rings. The number of hydrogen-bond acceptors (Lipinski definition) is 5. The van der Waals surface area contributed by atoms with Crippen LogP contribution in [0.1, 0.15) is 29.7 Å². The van der Waals surface area contributed by atoms with Gasteiger partial charge >= 0.3 is 0 Å². The molecule has 7 nitrogen and oxygen atoms in total. The van der Waals surface area contributed by atoms with Crippen LogP contribution in [0.4, 0.5) is 5.82 Å². The Morgan fingerprint density at radius 3 is 2.73 bits per heavy atom. The summed E-state index contributed by atoms with van der Waals surface area (Å²) in [6, 6.07) is 7.88. The summed E-state index contributed by atoms with van der Waals surface area (Å²) in [7, 11) is 0. The first kappa shape index (κ1) is 16.8. The molecule has 26 heavy (non-hydrogen) atoms. The van der Waals surface area contributed by atoms with E-state index in [1.54, 1.807) is 16.4 Å². The molecule has 4 rings (SSSR count). The molecule has 1 fully saturated rings. The van der Waals surface area contributed by atoms with Crippen molar-refractivity contribution in [3.05, 3.63) is 41.1 Å². The van der Waals surface area contributed by atoms with Crippen LogP contribution in [0.3, 0.4) is 0 Å². The highest BCUT2D eigenvalue weighted by atomic mass is 32.2. The number of imide groups is 1. The number of anilines is 1. The van der Waals surface area contributed by atoms with Crippen molar-refractivity contribution < 1.29 is 14.4 Å². The van der Waals surface area contributed by atoms with Crippen LogP contribution in [0.15, 0.2) is 24.3 Å². The molecule has 1 aromatic heterocycles. The molecule has 0 bridgehead atoms. The maximum atomic E-state index is 12.5. The van der Waals surface area contributed by atoms with Crippen molar-refractivity contribution in [1.29, 1.82) is 0 Å². The standard InChI is InChI=1S/C18H18N4O3S/c1-11-3-2-4-12(7-11)22-18(13-9-26-10-14(13)20-22)19-15(23)8-21-16(24)5-6-17(21)25/h2-4,7H,5-6,8-10H2,1H3,(H,19,23). The van der Waals surface area contributed by atoms with Crippen LogP contribution in [0.5, 0.6) is 0 Å². The van der Waals surface area contributed by atoms with E-state index in [9.17, 15) is 14.4 Å². The minimum Gasteiger partial charge on any atom is -0.309 e.